The van der Waals surface area contributed by atoms with E-state index in [1.165, 1.54) is 0 Å². The van der Waals surface area contributed by atoms with Gasteiger partial charge in [0.15, 0.2) is 0 Å². The topological polar surface area (TPSA) is 50.7 Å². The highest BCUT2D eigenvalue weighted by atomic mass is 16.5. The number of aliphatic hydroxyl groups excluding tert-OH is 1. The molecule has 0 aliphatic heterocycles. The molecule has 0 spiro atoms. The maximum atomic E-state index is 10.2. The van der Waals surface area contributed by atoms with E-state index in [4.69, 9.17) is 9.47 Å². The minimum absolute atomic E-state index is 0.487. The third-order valence-corrected chi connectivity index (χ3v) is 2.86. The zero-order chi connectivity index (χ0) is 14.1. The van der Waals surface area contributed by atoms with E-state index >= 15 is 0 Å². The molecule has 0 fully saturated rings. The molecule has 0 radical (unpaired) electrons. The summed E-state index contributed by atoms with van der Waals surface area (Å²) in [6.07, 6.45) is 4.45. The van der Waals surface area contributed by atoms with Gasteiger partial charge in [-0.3, -0.25) is 0 Å². The summed E-state index contributed by atoms with van der Waals surface area (Å²) in [5, 5.41) is 13.4. The van der Waals surface area contributed by atoms with Crippen molar-refractivity contribution in [2.24, 2.45) is 0 Å². The largest absolute Gasteiger partial charge is 0.497 e. The lowest BCUT2D eigenvalue weighted by molar-refractivity contribution is 0.170. The van der Waals surface area contributed by atoms with Gasteiger partial charge in [0, 0.05) is 12.1 Å². The summed E-state index contributed by atoms with van der Waals surface area (Å²) in [4.78, 5) is 0. The van der Waals surface area contributed by atoms with Crippen LogP contribution in [0.25, 0.3) is 0 Å². The van der Waals surface area contributed by atoms with Crippen LogP contribution in [0.2, 0.25) is 0 Å². The number of ether oxygens (including phenoxy) is 2. The second kappa shape index (κ2) is 8.56. The van der Waals surface area contributed by atoms with Gasteiger partial charge in [0.1, 0.15) is 11.5 Å². The first-order valence-corrected chi connectivity index (χ1v) is 6.44. The van der Waals surface area contributed by atoms with Crippen molar-refractivity contribution >= 4 is 0 Å². The van der Waals surface area contributed by atoms with E-state index in [0.717, 1.165) is 18.5 Å². The molecule has 0 saturated carbocycles. The lowest BCUT2D eigenvalue weighted by Gasteiger charge is -2.16. The van der Waals surface area contributed by atoms with Crippen LogP contribution in [0.1, 0.15) is 25.0 Å². The monoisotopic (exact) mass is 265 g/mol. The van der Waals surface area contributed by atoms with E-state index in [0.29, 0.717) is 18.0 Å². The fourth-order valence-corrected chi connectivity index (χ4v) is 1.80. The van der Waals surface area contributed by atoms with Crippen molar-refractivity contribution in [3.05, 3.63) is 35.9 Å². The maximum absolute atomic E-state index is 10.2. The van der Waals surface area contributed by atoms with Gasteiger partial charge in [0.05, 0.1) is 20.3 Å². The molecule has 0 saturated heterocycles. The van der Waals surface area contributed by atoms with Gasteiger partial charge < -0.3 is 19.9 Å². The minimum Gasteiger partial charge on any atom is -0.497 e. The number of aliphatic hydroxyl groups is 1. The van der Waals surface area contributed by atoms with Gasteiger partial charge in [-0.15, -0.1) is 0 Å². The second-order valence-electron chi connectivity index (χ2n) is 4.19. The third-order valence-electron chi connectivity index (χ3n) is 2.86. The third kappa shape index (κ3) is 4.93. The summed E-state index contributed by atoms with van der Waals surface area (Å²) < 4.78 is 10.4. The van der Waals surface area contributed by atoms with Crippen molar-refractivity contribution < 1.29 is 14.6 Å². The highest BCUT2D eigenvalue weighted by molar-refractivity contribution is 5.41. The molecule has 1 rings (SSSR count). The Labute approximate surface area is 115 Å². The molecular formula is C15H23NO3. The summed E-state index contributed by atoms with van der Waals surface area (Å²) in [6.45, 7) is 3.32. The van der Waals surface area contributed by atoms with E-state index < -0.39 is 6.10 Å². The summed E-state index contributed by atoms with van der Waals surface area (Å²) in [5.41, 5.74) is 0.736. The Balaban J connectivity index is 2.61. The van der Waals surface area contributed by atoms with Crippen LogP contribution in [0.3, 0.4) is 0 Å². The molecule has 0 aromatic heterocycles. The first kappa shape index (κ1) is 15.5. The van der Waals surface area contributed by atoms with Crippen LogP contribution in [0.5, 0.6) is 11.5 Å². The standard InChI is InChI=1S/C15H23NO3/c1-4-5-6-9-16-11-14(17)13-10-12(18-2)7-8-15(13)19-3/h4-5,7-8,10,14,16-17H,6,9,11H2,1-3H3/b5-4+. The van der Waals surface area contributed by atoms with Gasteiger partial charge >= 0.3 is 0 Å². The van der Waals surface area contributed by atoms with E-state index in [9.17, 15) is 5.11 Å². The van der Waals surface area contributed by atoms with Crippen molar-refractivity contribution in [3.8, 4) is 11.5 Å². The number of hydrogen-bond acceptors (Lipinski definition) is 4. The van der Waals surface area contributed by atoms with Gasteiger partial charge in [-0.25, -0.2) is 0 Å². The van der Waals surface area contributed by atoms with Gasteiger partial charge in [-0.1, -0.05) is 12.2 Å². The summed E-state index contributed by atoms with van der Waals surface area (Å²) >= 11 is 0. The van der Waals surface area contributed by atoms with Crippen LogP contribution < -0.4 is 14.8 Å². The van der Waals surface area contributed by atoms with Crippen LogP contribution in [0.4, 0.5) is 0 Å². The van der Waals surface area contributed by atoms with Gasteiger partial charge in [-0.2, -0.15) is 0 Å². The van der Waals surface area contributed by atoms with Crippen LogP contribution >= 0.6 is 0 Å². The molecule has 106 valence electrons. The molecule has 0 bridgehead atoms. The van der Waals surface area contributed by atoms with Crippen LogP contribution in [0.15, 0.2) is 30.4 Å². The number of hydrogen-bond donors (Lipinski definition) is 2. The zero-order valence-electron chi connectivity index (χ0n) is 11.8. The van der Waals surface area contributed by atoms with Crippen LogP contribution in [0, 0.1) is 0 Å². The molecule has 0 heterocycles. The fourth-order valence-electron chi connectivity index (χ4n) is 1.80. The minimum atomic E-state index is -0.615. The van der Waals surface area contributed by atoms with Crippen molar-refractivity contribution in [2.45, 2.75) is 19.4 Å². The Morgan fingerprint density at radius 2 is 2.11 bits per heavy atom. The van der Waals surface area contributed by atoms with Crippen LogP contribution in [-0.4, -0.2) is 32.4 Å². The molecule has 0 amide bonds. The Morgan fingerprint density at radius 3 is 2.74 bits per heavy atom. The van der Waals surface area contributed by atoms with Gasteiger partial charge in [0.25, 0.3) is 0 Å². The summed E-state index contributed by atoms with van der Waals surface area (Å²) in [5.74, 6) is 1.38. The average Bonchev–Trinajstić information content (AvgIpc) is 2.46. The van der Waals surface area contributed by atoms with Crippen molar-refractivity contribution in [3.63, 3.8) is 0 Å². The molecular weight excluding hydrogens is 242 g/mol. The highest BCUT2D eigenvalue weighted by Crippen LogP contribution is 2.28. The Kier molecular flexibility index (Phi) is 7.00. The normalized spacial score (nSPS) is 12.6. The first-order valence-electron chi connectivity index (χ1n) is 6.44. The zero-order valence-corrected chi connectivity index (χ0v) is 11.8. The lowest BCUT2D eigenvalue weighted by Crippen LogP contribution is -2.22. The molecule has 2 N–H and O–H groups in total. The number of allylic oxidation sites excluding steroid dienone is 1. The molecule has 1 aromatic carbocycles. The number of methoxy groups -OCH3 is 2. The van der Waals surface area contributed by atoms with Crippen LogP contribution in [-0.2, 0) is 0 Å². The van der Waals surface area contributed by atoms with E-state index in [2.05, 4.69) is 11.4 Å². The highest BCUT2D eigenvalue weighted by Gasteiger charge is 2.13. The molecule has 0 aliphatic rings. The molecule has 1 unspecified atom stereocenters. The SMILES string of the molecule is C/C=C/CCNCC(O)c1cc(OC)ccc1OC. The predicted octanol–water partition coefficient (Wildman–Crippen LogP) is 2.29. The molecule has 1 aromatic rings. The van der Waals surface area contributed by atoms with Gasteiger partial charge in [-0.05, 0) is 38.1 Å². The number of benzene rings is 1. The molecule has 0 aliphatic carbocycles. The van der Waals surface area contributed by atoms with E-state index in [1.807, 2.05) is 19.1 Å². The Hall–Kier alpha value is -1.52. The number of rotatable bonds is 8. The Morgan fingerprint density at radius 1 is 1.32 bits per heavy atom. The second-order valence-corrected chi connectivity index (χ2v) is 4.19. The van der Waals surface area contributed by atoms with E-state index in [1.54, 1.807) is 26.4 Å². The Bertz CT molecular complexity index is 404. The van der Waals surface area contributed by atoms with Gasteiger partial charge in [0.2, 0.25) is 0 Å². The van der Waals surface area contributed by atoms with Crippen molar-refractivity contribution in [1.82, 2.24) is 5.32 Å². The predicted molar refractivity (Wildman–Crippen MR) is 76.8 cm³/mol. The molecule has 1 atom stereocenters. The number of nitrogens with one attached hydrogen (secondary N) is 1. The lowest BCUT2D eigenvalue weighted by atomic mass is 10.1. The maximum Gasteiger partial charge on any atom is 0.124 e. The quantitative estimate of drug-likeness (QED) is 0.559. The molecule has 4 heteroatoms. The van der Waals surface area contributed by atoms with Crippen molar-refractivity contribution in [2.75, 3.05) is 27.3 Å². The summed E-state index contributed by atoms with van der Waals surface area (Å²) in [6, 6.07) is 5.42. The average molecular weight is 265 g/mol. The fraction of sp³-hybridized carbons (Fsp3) is 0.467. The molecule has 19 heavy (non-hydrogen) atoms. The summed E-state index contributed by atoms with van der Waals surface area (Å²) in [7, 11) is 3.20. The molecule has 4 nitrogen and oxygen atoms in total. The van der Waals surface area contributed by atoms with E-state index in [-0.39, 0.29) is 0 Å². The smallest absolute Gasteiger partial charge is 0.124 e. The first-order chi connectivity index (χ1) is 9.22. The van der Waals surface area contributed by atoms with Crippen molar-refractivity contribution in [1.29, 1.82) is 0 Å².